The minimum Gasteiger partial charge on any atom is -0.328 e. The fraction of sp³-hybridized carbons (Fsp3) is 0.929. The van der Waals surface area contributed by atoms with Crippen LogP contribution in [0.4, 0.5) is 4.79 Å². The van der Waals surface area contributed by atoms with Gasteiger partial charge >= 0.3 is 6.03 Å². The molecule has 1 saturated heterocycles. The van der Waals surface area contributed by atoms with Crippen LogP contribution < -0.4 is 5.73 Å². The van der Waals surface area contributed by atoms with Crippen molar-refractivity contribution in [3.05, 3.63) is 0 Å². The summed E-state index contributed by atoms with van der Waals surface area (Å²) < 4.78 is 0. The molecule has 0 aliphatic carbocycles. The molecular formula is C14H29N3O. The molecule has 4 nitrogen and oxygen atoms in total. The Hall–Kier alpha value is -0.770. The van der Waals surface area contributed by atoms with Crippen LogP contribution in [0.25, 0.3) is 0 Å². The number of rotatable bonds is 4. The lowest BCUT2D eigenvalue weighted by molar-refractivity contribution is 0.0908. The lowest BCUT2D eigenvalue weighted by Gasteiger charge is -2.42. The molecule has 1 rings (SSSR count). The van der Waals surface area contributed by atoms with Gasteiger partial charge in [-0.05, 0) is 39.0 Å². The van der Waals surface area contributed by atoms with E-state index in [0.29, 0.717) is 12.5 Å². The number of nitrogens with zero attached hydrogens (tertiary/aromatic N) is 2. The summed E-state index contributed by atoms with van der Waals surface area (Å²) in [6.07, 6.45) is 3.33. The Morgan fingerprint density at radius 2 is 2.17 bits per heavy atom. The van der Waals surface area contributed by atoms with Gasteiger partial charge in [0.05, 0.1) is 5.54 Å². The van der Waals surface area contributed by atoms with E-state index in [4.69, 9.17) is 5.73 Å². The Bertz CT molecular complexity index is 278. The number of likely N-dealkylation sites (tertiary alicyclic amines) is 1. The monoisotopic (exact) mass is 255 g/mol. The van der Waals surface area contributed by atoms with E-state index in [-0.39, 0.29) is 11.6 Å². The fourth-order valence-corrected chi connectivity index (χ4v) is 2.52. The third-order valence-electron chi connectivity index (χ3n) is 3.84. The summed E-state index contributed by atoms with van der Waals surface area (Å²) >= 11 is 0. The number of hydrogen-bond donors (Lipinski definition) is 1. The molecule has 0 bridgehead atoms. The van der Waals surface area contributed by atoms with Crippen LogP contribution in [-0.2, 0) is 0 Å². The third kappa shape index (κ3) is 3.61. The van der Waals surface area contributed by atoms with Gasteiger partial charge in [0.25, 0.3) is 0 Å². The summed E-state index contributed by atoms with van der Waals surface area (Å²) in [4.78, 5) is 16.6. The first-order valence-electron chi connectivity index (χ1n) is 7.19. The fourth-order valence-electron chi connectivity index (χ4n) is 2.52. The van der Waals surface area contributed by atoms with Gasteiger partial charge in [0.2, 0.25) is 0 Å². The maximum atomic E-state index is 12.6. The quantitative estimate of drug-likeness (QED) is 0.838. The van der Waals surface area contributed by atoms with E-state index < -0.39 is 0 Å². The molecule has 2 N–H and O–H groups in total. The van der Waals surface area contributed by atoms with Gasteiger partial charge in [-0.15, -0.1) is 0 Å². The van der Waals surface area contributed by atoms with Crippen LogP contribution in [-0.4, -0.2) is 47.5 Å². The Labute approximate surface area is 111 Å². The minimum absolute atomic E-state index is 0.166. The van der Waals surface area contributed by atoms with Gasteiger partial charge in [-0.3, -0.25) is 0 Å². The molecular weight excluding hydrogens is 226 g/mol. The molecule has 1 aliphatic heterocycles. The highest BCUT2D eigenvalue weighted by atomic mass is 16.2. The van der Waals surface area contributed by atoms with Crippen molar-refractivity contribution in [2.45, 2.75) is 52.5 Å². The SMILES string of the molecule is CCCN(C(=O)N1CCCC(C)C1)C(C)(C)CN. The van der Waals surface area contributed by atoms with Crippen LogP contribution in [0.5, 0.6) is 0 Å². The zero-order chi connectivity index (χ0) is 13.8. The van der Waals surface area contributed by atoms with E-state index in [9.17, 15) is 4.79 Å². The lowest BCUT2D eigenvalue weighted by Crippen LogP contribution is -2.57. The predicted molar refractivity (Wildman–Crippen MR) is 75.5 cm³/mol. The minimum atomic E-state index is -0.256. The second kappa shape index (κ2) is 6.41. The first kappa shape index (κ1) is 15.3. The standard InChI is InChI=1S/C14H29N3O/c1-5-8-17(14(3,4)11-15)13(18)16-9-6-7-12(2)10-16/h12H,5-11,15H2,1-4H3. The Morgan fingerprint density at radius 1 is 1.50 bits per heavy atom. The Kier molecular flexibility index (Phi) is 5.45. The topological polar surface area (TPSA) is 49.6 Å². The first-order valence-corrected chi connectivity index (χ1v) is 7.19. The first-order chi connectivity index (χ1) is 8.42. The van der Waals surface area contributed by atoms with Crippen LogP contribution in [0.15, 0.2) is 0 Å². The Balaban J connectivity index is 2.75. The molecule has 18 heavy (non-hydrogen) atoms. The van der Waals surface area contributed by atoms with Crippen molar-refractivity contribution in [3.63, 3.8) is 0 Å². The smallest absolute Gasteiger partial charge is 0.320 e. The van der Waals surface area contributed by atoms with E-state index in [1.807, 2.05) is 23.6 Å². The summed E-state index contributed by atoms with van der Waals surface area (Å²) in [6.45, 7) is 11.5. The average Bonchev–Trinajstić information content (AvgIpc) is 2.35. The zero-order valence-corrected chi connectivity index (χ0v) is 12.4. The predicted octanol–water partition coefficient (Wildman–Crippen LogP) is 2.29. The van der Waals surface area contributed by atoms with Crippen LogP contribution in [0.2, 0.25) is 0 Å². The molecule has 0 saturated carbocycles. The highest BCUT2D eigenvalue weighted by molar-refractivity contribution is 5.75. The van der Waals surface area contributed by atoms with Gasteiger partial charge in [0.1, 0.15) is 0 Å². The number of carbonyl (C=O) groups is 1. The normalized spacial score (nSPS) is 20.9. The zero-order valence-electron chi connectivity index (χ0n) is 12.4. The number of urea groups is 1. The average molecular weight is 255 g/mol. The van der Waals surface area contributed by atoms with Crippen molar-refractivity contribution in [3.8, 4) is 0 Å². The second-order valence-electron chi connectivity index (χ2n) is 6.14. The number of carbonyl (C=O) groups excluding carboxylic acids is 1. The number of hydrogen-bond acceptors (Lipinski definition) is 2. The molecule has 106 valence electrons. The summed E-state index contributed by atoms with van der Waals surface area (Å²) in [5.41, 5.74) is 5.56. The molecule has 1 aliphatic rings. The molecule has 0 spiro atoms. The van der Waals surface area contributed by atoms with E-state index in [1.54, 1.807) is 0 Å². The molecule has 0 aromatic carbocycles. The maximum Gasteiger partial charge on any atom is 0.320 e. The molecule has 2 amide bonds. The van der Waals surface area contributed by atoms with E-state index >= 15 is 0 Å². The number of amides is 2. The van der Waals surface area contributed by atoms with Crippen molar-refractivity contribution >= 4 is 6.03 Å². The van der Waals surface area contributed by atoms with Crippen LogP contribution in [0, 0.1) is 5.92 Å². The van der Waals surface area contributed by atoms with E-state index in [1.165, 1.54) is 6.42 Å². The van der Waals surface area contributed by atoms with Crippen molar-refractivity contribution in [2.75, 3.05) is 26.2 Å². The van der Waals surface area contributed by atoms with Crippen LogP contribution in [0.1, 0.15) is 47.0 Å². The second-order valence-corrected chi connectivity index (χ2v) is 6.14. The van der Waals surface area contributed by atoms with Gasteiger partial charge in [0.15, 0.2) is 0 Å². The molecule has 1 heterocycles. The van der Waals surface area contributed by atoms with E-state index in [2.05, 4.69) is 13.8 Å². The molecule has 0 radical (unpaired) electrons. The largest absolute Gasteiger partial charge is 0.328 e. The summed E-state index contributed by atoms with van der Waals surface area (Å²) in [7, 11) is 0. The summed E-state index contributed by atoms with van der Waals surface area (Å²) in [5, 5.41) is 0. The molecule has 1 atom stereocenters. The van der Waals surface area contributed by atoms with Gasteiger partial charge in [-0.25, -0.2) is 4.79 Å². The molecule has 0 aromatic rings. The van der Waals surface area contributed by atoms with Gasteiger partial charge in [-0.1, -0.05) is 13.8 Å². The van der Waals surface area contributed by atoms with E-state index in [0.717, 1.165) is 32.5 Å². The molecule has 4 heteroatoms. The summed E-state index contributed by atoms with van der Waals surface area (Å²) in [6, 6.07) is 0.166. The highest BCUT2D eigenvalue weighted by Gasteiger charge is 2.33. The van der Waals surface area contributed by atoms with Crippen molar-refractivity contribution in [1.82, 2.24) is 9.80 Å². The molecule has 1 unspecified atom stereocenters. The third-order valence-corrected chi connectivity index (χ3v) is 3.84. The Morgan fingerprint density at radius 3 is 2.67 bits per heavy atom. The highest BCUT2D eigenvalue weighted by Crippen LogP contribution is 2.21. The van der Waals surface area contributed by atoms with Crippen LogP contribution >= 0.6 is 0 Å². The maximum absolute atomic E-state index is 12.6. The van der Waals surface area contributed by atoms with Gasteiger partial charge < -0.3 is 15.5 Å². The number of nitrogens with two attached hydrogens (primary N) is 1. The van der Waals surface area contributed by atoms with Crippen molar-refractivity contribution < 1.29 is 4.79 Å². The summed E-state index contributed by atoms with van der Waals surface area (Å²) in [5.74, 6) is 0.618. The van der Waals surface area contributed by atoms with Crippen molar-refractivity contribution in [1.29, 1.82) is 0 Å². The van der Waals surface area contributed by atoms with Crippen LogP contribution in [0.3, 0.4) is 0 Å². The molecule has 0 aromatic heterocycles. The lowest BCUT2D eigenvalue weighted by atomic mass is 9.99. The molecule has 1 fully saturated rings. The number of piperidine rings is 1. The van der Waals surface area contributed by atoms with Crippen molar-refractivity contribution in [2.24, 2.45) is 11.7 Å². The van der Waals surface area contributed by atoms with Gasteiger partial charge in [0, 0.05) is 26.2 Å². The van der Waals surface area contributed by atoms with Gasteiger partial charge in [-0.2, -0.15) is 0 Å².